The van der Waals surface area contributed by atoms with Crippen LogP contribution in [-0.2, 0) is 11.3 Å². The molecular weight excluding hydrogens is 311 g/mol. The topological polar surface area (TPSA) is 67.2 Å². The molecular formula is C17H21FN4O2. The van der Waals surface area contributed by atoms with E-state index >= 15 is 0 Å². The Labute approximate surface area is 139 Å². The van der Waals surface area contributed by atoms with Crippen LogP contribution in [0.25, 0.3) is 11.3 Å². The van der Waals surface area contributed by atoms with E-state index in [0.717, 1.165) is 6.54 Å². The van der Waals surface area contributed by atoms with Crippen molar-refractivity contribution in [1.82, 2.24) is 20.0 Å². The summed E-state index contributed by atoms with van der Waals surface area (Å²) in [5, 5.41) is 7.04. The molecule has 0 unspecified atom stereocenters. The fourth-order valence-corrected chi connectivity index (χ4v) is 2.10. The van der Waals surface area contributed by atoms with Gasteiger partial charge in [0.25, 0.3) is 5.56 Å². The smallest absolute Gasteiger partial charge is 0.266 e. The minimum atomic E-state index is -0.332. The molecule has 2 aromatic rings. The van der Waals surface area contributed by atoms with Gasteiger partial charge in [-0.1, -0.05) is 0 Å². The van der Waals surface area contributed by atoms with Crippen LogP contribution in [0.1, 0.15) is 6.42 Å². The first-order valence-corrected chi connectivity index (χ1v) is 7.71. The lowest BCUT2D eigenvalue weighted by molar-refractivity contribution is -0.121. The summed E-state index contributed by atoms with van der Waals surface area (Å²) >= 11 is 0. The third-order valence-electron chi connectivity index (χ3n) is 3.44. The fourth-order valence-electron chi connectivity index (χ4n) is 2.10. The Morgan fingerprint density at radius 1 is 1.21 bits per heavy atom. The van der Waals surface area contributed by atoms with Gasteiger partial charge in [-0.25, -0.2) is 9.07 Å². The summed E-state index contributed by atoms with van der Waals surface area (Å²) in [5.74, 6) is -0.459. The minimum absolute atomic E-state index is 0.127. The van der Waals surface area contributed by atoms with Crippen molar-refractivity contribution in [2.24, 2.45) is 0 Å². The molecule has 24 heavy (non-hydrogen) atoms. The SMILES string of the molecule is CN(C)CCNC(=O)CCn1nc(-c2ccc(F)cc2)ccc1=O. The number of aromatic nitrogens is 2. The number of rotatable bonds is 7. The summed E-state index contributed by atoms with van der Waals surface area (Å²) in [6.45, 7) is 1.51. The largest absolute Gasteiger partial charge is 0.355 e. The van der Waals surface area contributed by atoms with E-state index in [2.05, 4.69) is 10.4 Å². The van der Waals surface area contributed by atoms with E-state index < -0.39 is 0 Å². The van der Waals surface area contributed by atoms with Gasteiger partial charge in [0, 0.05) is 31.1 Å². The van der Waals surface area contributed by atoms with Crippen LogP contribution < -0.4 is 10.9 Å². The van der Waals surface area contributed by atoms with Crippen LogP contribution in [0.4, 0.5) is 4.39 Å². The molecule has 0 saturated carbocycles. The van der Waals surface area contributed by atoms with Crippen LogP contribution in [0.2, 0.25) is 0 Å². The van der Waals surface area contributed by atoms with E-state index in [4.69, 9.17) is 0 Å². The number of benzene rings is 1. The highest BCUT2D eigenvalue weighted by atomic mass is 19.1. The lowest BCUT2D eigenvalue weighted by Crippen LogP contribution is -2.33. The summed E-state index contributed by atoms with van der Waals surface area (Å²) in [6, 6.07) is 8.86. The average Bonchev–Trinajstić information content (AvgIpc) is 2.54. The molecule has 1 heterocycles. The molecule has 7 heteroatoms. The van der Waals surface area contributed by atoms with Crippen molar-refractivity contribution in [1.29, 1.82) is 0 Å². The Morgan fingerprint density at radius 2 is 1.92 bits per heavy atom. The van der Waals surface area contributed by atoms with Crippen molar-refractivity contribution in [3.8, 4) is 11.3 Å². The number of nitrogens with one attached hydrogen (secondary N) is 1. The third kappa shape index (κ3) is 5.27. The molecule has 6 nitrogen and oxygen atoms in total. The van der Waals surface area contributed by atoms with Gasteiger partial charge < -0.3 is 10.2 Å². The van der Waals surface area contributed by atoms with E-state index in [1.54, 1.807) is 18.2 Å². The van der Waals surface area contributed by atoms with Crippen molar-refractivity contribution in [2.75, 3.05) is 27.2 Å². The van der Waals surface area contributed by atoms with Crippen molar-refractivity contribution in [2.45, 2.75) is 13.0 Å². The van der Waals surface area contributed by atoms with Gasteiger partial charge in [-0.05, 0) is 44.4 Å². The lowest BCUT2D eigenvalue weighted by Gasteiger charge is -2.11. The van der Waals surface area contributed by atoms with Gasteiger partial charge >= 0.3 is 0 Å². The molecule has 0 fully saturated rings. The first kappa shape index (κ1) is 17.8. The zero-order valence-electron chi connectivity index (χ0n) is 13.8. The monoisotopic (exact) mass is 332 g/mol. The van der Waals surface area contributed by atoms with E-state index in [9.17, 15) is 14.0 Å². The van der Waals surface area contributed by atoms with Crippen molar-refractivity contribution in [3.63, 3.8) is 0 Å². The standard InChI is InChI=1S/C17H21FN4O2/c1-21(2)12-10-19-16(23)9-11-22-17(24)8-7-15(20-22)13-3-5-14(18)6-4-13/h3-8H,9-12H2,1-2H3,(H,19,23). The Bertz CT molecular complexity index is 741. The van der Waals surface area contributed by atoms with Gasteiger partial charge in [-0.15, -0.1) is 0 Å². The van der Waals surface area contributed by atoms with Crippen molar-refractivity contribution in [3.05, 3.63) is 52.6 Å². The maximum absolute atomic E-state index is 13.0. The molecule has 0 aliphatic rings. The molecule has 1 aromatic carbocycles. The number of carbonyl (C=O) groups is 1. The lowest BCUT2D eigenvalue weighted by atomic mass is 10.1. The zero-order valence-corrected chi connectivity index (χ0v) is 13.8. The van der Waals surface area contributed by atoms with Gasteiger partial charge in [0.15, 0.2) is 0 Å². The number of carbonyl (C=O) groups excluding carboxylic acids is 1. The molecule has 1 N–H and O–H groups in total. The van der Waals surface area contributed by atoms with Gasteiger partial charge in [0.1, 0.15) is 5.82 Å². The van der Waals surface area contributed by atoms with Crippen molar-refractivity contribution < 1.29 is 9.18 Å². The normalized spacial score (nSPS) is 10.8. The van der Waals surface area contributed by atoms with E-state index in [1.807, 2.05) is 19.0 Å². The minimum Gasteiger partial charge on any atom is -0.355 e. The summed E-state index contributed by atoms with van der Waals surface area (Å²) in [4.78, 5) is 25.6. The highest BCUT2D eigenvalue weighted by Gasteiger charge is 2.06. The van der Waals surface area contributed by atoms with Crippen molar-refractivity contribution >= 4 is 5.91 Å². The maximum Gasteiger partial charge on any atom is 0.266 e. The number of likely N-dealkylation sites (N-methyl/N-ethyl adjacent to an activating group) is 1. The molecule has 0 radical (unpaired) electrons. The molecule has 0 spiro atoms. The van der Waals surface area contributed by atoms with Crippen LogP contribution >= 0.6 is 0 Å². The Kier molecular flexibility index (Phi) is 6.20. The first-order chi connectivity index (χ1) is 11.5. The van der Waals surface area contributed by atoms with Crippen LogP contribution in [0.5, 0.6) is 0 Å². The summed E-state index contributed by atoms with van der Waals surface area (Å²) in [6.07, 6.45) is 0.174. The maximum atomic E-state index is 13.0. The Morgan fingerprint density at radius 3 is 2.58 bits per heavy atom. The summed E-state index contributed by atoms with van der Waals surface area (Å²) in [5.41, 5.74) is 0.991. The van der Waals surface area contributed by atoms with Crippen LogP contribution in [0.3, 0.4) is 0 Å². The summed E-state index contributed by atoms with van der Waals surface area (Å²) < 4.78 is 14.2. The Balaban J connectivity index is 2.00. The highest BCUT2D eigenvalue weighted by molar-refractivity contribution is 5.75. The van der Waals surface area contributed by atoms with E-state index in [0.29, 0.717) is 17.8 Å². The molecule has 0 bridgehead atoms. The highest BCUT2D eigenvalue weighted by Crippen LogP contribution is 2.15. The number of amides is 1. The zero-order chi connectivity index (χ0) is 17.5. The predicted octanol–water partition coefficient (Wildman–Crippen LogP) is 1.12. The molecule has 128 valence electrons. The molecule has 0 saturated heterocycles. The number of hydrogen-bond donors (Lipinski definition) is 1. The van der Waals surface area contributed by atoms with Gasteiger partial charge in [-0.2, -0.15) is 5.10 Å². The van der Waals surface area contributed by atoms with Gasteiger partial charge in [0.2, 0.25) is 5.91 Å². The van der Waals surface area contributed by atoms with E-state index in [-0.39, 0.29) is 30.2 Å². The van der Waals surface area contributed by atoms with Gasteiger partial charge in [-0.3, -0.25) is 9.59 Å². The fraction of sp³-hybridized carbons (Fsp3) is 0.353. The molecule has 0 atom stereocenters. The second kappa shape index (κ2) is 8.35. The molecule has 2 rings (SSSR count). The van der Waals surface area contributed by atoms with E-state index in [1.165, 1.54) is 22.9 Å². The molecule has 1 amide bonds. The molecule has 1 aromatic heterocycles. The number of halogens is 1. The summed E-state index contributed by atoms with van der Waals surface area (Å²) in [7, 11) is 3.85. The predicted molar refractivity (Wildman–Crippen MR) is 90.1 cm³/mol. The quantitative estimate of drug-likeness (QED) is 0.825. The van der Waals surface area contributed by atoms with Crippen LogP contribution in [-0.4, -0.2) is 47.8 Å². The van der Waals surface area contributed by atoms with Crippen LogP contribution in [0, 0.1) is 5.82 Å². The van der Waals surface area contributed by atoms with Gasteiger partial charge in [0.05, 0.1) is 12.2 Å². The Hall–Kier alpha value is -2.54. The molecule has 0 aliphatic heterocycles. The molecule has 0 aliphatic carbocycles. The number of hydrogen-bond acceptors (Lipinski definition) is 4. The average molecular weight is 332 g/mol. The number of aryl methyl sites for hydroxylation is 1. The second-order valence-electron chi connectivity index (χ2n) is 5.69. The number of nitrogens with zero attached hydrogens (tertiary/aromatic N) is 3. The van der Waals surface area contributed by atoms with Crippen LogP contribution in [0.15, 0.2) is 41.2 Å². The third-order valence-corrected chi connectivity index (χ3v) is 3.44. The second-order valence-corrected chi connectivity index (χ2v) is 5.69. The first-order valence-electron chi connectivity index (χ1n) is 7.71.